The molecule has 6 nitrogen and oxygen atoms in total. The smallest absolute Gasteiger partial charge is 0.253 e. The maximum Gasteiger partial charge on any atom is 0.253 e. The zero-order chi connectivity index (χ0) is 15.9. The van der Waals surface area contributed by atoms with Crippen molar-refractivity contribution < 1.29 is 0 Å². The Morgan fingerprint density at radius 1 is 0.958 bits per heavy atom. The van der Waals surface area contributed by atoms with Crippen LogP contribution >= 0.6 is 0 Å². The Morgan fingerprint density at radius 3 is 2.83 bits per heavy atom. The summed E-state index contributed by atoms with van der Waals surface area (Å²) in [6.45, 7) is 0. The third-order valence-corrected chi connectivity index (χ3v) is 4.03. The van der Waals surface area contributed by atoms with Gasteiger partial charge in [0, 0.05) is 46.8 Å². The zero-order valence-corrected chi connectivity index (χ0v) is 12.6. The van der Waals surface area contributed by atoms with Gasteiger partial charge in [0.2, 0.25) is 0 Å². The number of H-pyrrole nitrogens is 1. The van der Waals surface area contributed by atoms with Gasteiger partial charge < -0.3 is 4.98 Å². The first-order valence-electron chi connectivity index (χ1n) is 7.59. The van der Waals surface area contributed by atoms with Crippen LogP contribution in [0.15, 0.2) is 67.3 Å². The first-order valence-corrected chi connectivity index (χ1v) is 7.59. The highest BCUT2D eigenvalue weighted by molar-refractivity contribution is 5.93. The summed E-state index contributed by atoms with van der Waals surface area (Å²) in [5.41, 5.74) is 3.91. The molecule has 1 aromatic carbocycles. The molecule has 0 aliphatic heterocycles. The summed E-state index contributed by atoms with van der Waals surface area (Å²) in [7, 11) is 0. The predicted octanol–water partition coefficient (Wildman–Crippen LogP) is 3.33. The Labute approximate surface area is 136 Å². The highest BCUT2D eigenvalue weighted by Crippen LogP contribution is 2.27. The van der Waals surface area contributed by atoms with Crippen LogP contribution in [0.4, 0.5) is 0 Å². The topological polar surface area (TPSA) is 71.8 Å². The van der Waals surface area contributed by atoms with Gasteiger partial charge in [0.15, 0.2) is 5.82 Å². The van der Waals surface area contributed by atoms with Crippen LogP contribution in [0.3, 0.4) is 0 Å². The third-order valence-electron chi connectivity index (χ3n) is 4.03. The molecule has 0 bridgehead atoms. The van der Waals surface area contributed by atoms with Crippen molar-refractivity contribution in [2.75, 3.05) is 0 Å². The van der Waals surface area contributed by atoms with Gasteiger partial charge in [0.1, 0.15) is 0 Å². The van der Waals surface area contributed by atoms with E-state index in [1.54, 1.807) is 16.9 Å². The lowest BCUT2D eigenvalue weighted by Crippen LogP contribution is -1.96. The number of benzene rings is 1. The summed E-state index contributed by atoms with van der Waals surface area (Å²) in [5, 5.41) is 5.77. The zero-order valence-electron chi connectivity index (χ0n) is 12.6. The average Bonchev–Trinajstić information content (AvgIpc) is 3.25. The molecule has 24 heavy (non-hydrogen) atoms. The van der Waals surface area contributed by atoms with Crippen molar-refractivity contribution in [3.63, 3.8) is 0 Å². The minimum atomic E-state index is 0.566. The quantitative estimate of drug-likeness (QED) is 0.542. The Balaban J connectivity index is 1.75. The van der Waals surface area contributed by atoms with Crippen molar-refractivity contribution in [1.29, 1.82) is 0 Å². The lowest BCUT2D eigenvalue weighted by atomic mass is 10.2. The van der Waals surface area contributed by atoms with Crippen LogP contribution in [0.5, 0.6) is 0 Å². The van der Waals surface area contributed by atoms with E-state index in [0.29, 0.717) is 11.6 Å². The molecule has 114 valence electrons. The average molecular weight is 312 g/mol. The monoisotopic (exact) mass is 312 g/mol. The molecule has 4 aromatic heterocycles. The van der Waals surface area contributed by atoms with E-state index in [2.05, 4.69) is 31.1 Å². The molecule has 0 spiro atoms. The minimum Gasteiger partial charge on any atom is -0.360 e. The van der Waals surface area contributed by atoms with Crippen molar-refractivity contribution in [3.05, 3.63) is 67.3 Å². The van der Waals surface area contributed by atoms with Crippen LogP contribution in [0.25, 0.3) is 39.3 Å². The number of hydrogen-bond acceptors (Lipinski definition) is 4. The number of fused-ring (bicyclic) bond motifs is 2. The van der Waals surface area contributed by atoms with Gasteiger partial charge >= 0.3 is 0 Å². The molecule has 0 amide bonds. The Kier molecular flexibility index (Phi) is 2.69. The molecular formula is C18H12N6. The molecule has 0 saturated carbocycles. The molecule has 4 heterocycles. The van der Waals surface area contributed by atoms with Crippen molar-refractivity contribution in [3.8, 4) is 22.6 Å². The molecule has 5 rings (SSSR count). The van der Waals surface area contributed by atoms with Crippen molar-refractivity contribution in [2.45, 2.75) is 0 Å². The Hall–Kier alpha value is -3.54. The van der Waals surface area contributed by atoms with E-state index in [1.165, 1.54) is 0 Å². The van der Waals surface area contributed by atoms with Gasteiger partial charge in [-0.25, -0.2) is 4.98 Å². The highest BCUT2D eigenvalue weighted by atomic mass is 15.3. The summed E-state index contributed by atoms with van der Waals surface area (Å²) in [6, 6.07) is 13.9. The summed E-state index contributed by atoms with van der Waals surface area (Å²) in [5.74, 6) is 1.22. The number of aromatic nitrogens is 6. The molecule has 6 heteroatoms. The SMILES string of the molecule is c1cncc(-c2ccnc3nc(-c4c[nH]c5ccccc45)nn23)c1. The van der Waals surface area contributed by atoms with E-state index in [0.717, 1.165) is 27.7 Å². The van der Waals surface area contributed by atoms with Gasteiger partial charge in [-0.2, -0.15) is 9.50 Å². The molecule has 0 aliphatic rings. The van der Waals surface area contributed by atoms with Gasteiger partial charge in [-0.3, -0.25) is 4.98 Å². The van der Waals surface area contributed by atoms with E-state index in [-0.39, 0.29) is 0 Å². The van der Waals surface area contributed by atoms with Crippen molar-refractivity contribution >= 4 is 16.7 Å². The Morgan fingerprint density at radius 2 is 1.92 bits per heavy atom. The van der Waals surface area contributed by atoms with E-state index >= 15 is 0 Å². The van der Waals surface area contributed by atoms with Gasteiger partial charge in [-0.15, -0.1) is 5.10 Å². The van der Waals surface area contributed by atoms with Gasteiger partial charge in [-0.05, 0) is 24.3 Å². The fourth-order valence-corrected chi connectivity index (χ4v) is 2.90. The lowest BCUT2D eigenvalue weighted by Gasteiger charge is -2.01. The first kappa shape index (κ1) is 13.0. The van der Waals surface area contributed by atoms with Crippen LogP contribution in [-0.4, -0.2) is 29.5 Å². The number of aromatic amines is 1. The summed E-state index contributed by atoms with van der Waals surface area (Å²) in [6.07, 6.45) is 7.23. The second kappa shape index (κ2) is 4.99. The number of hydrogen-bond donors (Lipinski definition) is 1. The second-order valence-corrected chi connectivity index (χ2v) is 5.47. The molecule has 0 aliphatic carbocycles. The maximum absolute atomic E-state index is 4.68. The summed E-state index contributed by atoms with van der Waals surface area (Å²) >= 11 is 0. The van der Waals surface area contributed by atoms with E-state index in [1.807, 2.05) is 48.8 Å². The Bertz CT molecular complexity index is 1160. The number of nitrogens with one attached hydrogen (secondary N) is 1. The van der Waals surface area contributed by atoms with Crippen molar-refractivity contribution in [2.24, 2.45) is 0 Å². The molecule has 0 fully saturated rings. The molecule has 0 atom stereocenters. The maximum atomic E-state index is 4.68. The fraction of sp³-hybridized carbons (Fsp3) is 0. The van der Waals surface area contributed by atoms with E-state index in [4.69, 9.17) is 0 Å². The van der Waals surface area contributed by atoms with Crippen LogP contribution in [0, 0.1) is 0 Å². The molecule has 1 N–H and O–H groups in total. The predicted molar refractivity (Wildman–Crippen MR) is 91.3 cm³/mol. The van der Waals surface area contributed by atoms with E-state index in [9.17, 15) is 0 Å². The molecule has 0 radical (unpaired) electrons. The van der Waals surface area contributed by atoms with Gasteiger partial charge in [-0.1, -0.05) is 18.2 Å². The van der Waals surface area contributed by atoms with Gasteiger partial charge in [0.25, 0.3) is 5.78 Å². The molecule has 5 aromatic rings. The number of pyridine rings is 1. The standard InChI is InChI=1S/C18H12N6/c1-2-6-15-13(5-1)14(11-21-15)17-22-18-20-9-7-16(24(18)23-17)12-4-3-8-19-10-12/h1-11,21H. The second-order valence-electron chi connectivity index (χ2n) is 5.47. The van der Waals surface area contributed by atoms with Crippen molar-refractivity contribution in [1.82, 2.24) is 29.5 Å². The first-order chi connectivity index (χ1) is 11.9. The fourth-order valence-electron chi connectivity index (χ4n) is 2.90. The number of rotatable bonds is 2. The number of nitrogens with zero attached hydrogens (tertiary/aromatic N) is 5. The lowest BCUT2D eigenvalue weighted by molar-refractivity contribution is 0.950. The summed E-state index contributed by atoms with van der Waals surface area (Å²) < 4.78 is 1.76. The van der Waals surface area contributed by atoms with Crippen LogP contribution in [0.1, 0.15) is 0 Å². The van der Waals surface area contributed by atoms with E-state index < -0.39 is 0 Å². The van der Waals surface area contributed by atoms with Crippen LogP contribution < -0.4 is 0 Å². The van der Waals surface area contributed by atoms with Crippen LogP contribution in [-0.2, 0) is 0 Å². The normalized spacial score (nSPS) is 11.3. The van der Waals surface area contributed by atoms with Gasteiger partial charge in [0.05, 0.1) is 5.69 Å². The minimum absolute atomic E-state index is 0.566. The third kappa shape index (κ3) is 1.90. The summed E-state index contributed by atoms with van der Waals surface area (Å²) in [4.78, 5) is 16.4. The number of para-hydroxylation sites is 1. The molecule has 0 saturated heterocycles. The highest BCUT2D eigenvalue weighted by Gasteiger charge is 2.14. The molecular weight excluding hydrogens is 300 g/mol. The molecule has 0 unspecified atom stereocenters. The van der Waals surface area contributed by atoms with Crippen LogP contribution in [0.2, 0.25) is 0 Å². The largest absolute Gasteiger partial charge is 0.360 e.